The number of nitrogens with one attached hydrogen (secondary N) is 1. The lowest BCUT2D eigenvalue weighted by Gasteiger charge is -2.06. The molecule has 1 heterocycles. The van der Waals surface area contributed by atoms with Crippen molar-refractivity contribution in [2.45, 2.75) is 0 Å². The van der Waals surface area contributed by atoms with Crippen molar-refractivity contribution in [2.24, 2.45) is 0 Å². The van der Waals surface area contributed by atoms with Crippen LogP contribution < -0.4 is 5.32 Å². The highest BCUT2D eigenvalue weighted by Crippen LogP contribution is 2.15. The molecule has 0 spiro atoms. The van der Waals surface area contributed by atoms with Crippen molar-refractivity contribution in [2.75, 3.05) is 11.9 Å². The van der Waals surface area contributed by atoms with Crippen LogP contribution in [0.4, 0.5) is 11.4 Å². The summed E-state index contributed by atoms with van der Waals surface area (Å²) in [5.41, 5.74) is 0.527. The Hall–Kier alpha value is -3.29. The summed E-state index contributed by atoms with van der Waals surface area (Å²) in [5.74, 6) is -1.21. The topological polar surface area (TPSA) is 111 Å². The summed E-state index contributed by atoms with van der Waals surface area (Å²) < 4.78 is 4.82. The lowest BCUT2D eigenvalue weighted by Crippen LogP contribution is -2.20. The van der Waals surface area contributed by atoms with Crippen LogP contribution in [0, 0.1) is 10.1 Å². The number of nitro benzene ring substituents is 1. The number of carbonyl (C=O) groups is 2. The number of pyridine rings is 1. The molecule has 0 atom stereocenters. The fraction of sp³-hybridized carbons (Fsp3) is 0.0714. The van der Waals surface area contributed by atoms with Gasteiger partial charge in [0.05, 0.1) is 10.5 Å². The second-order valence-electron chi connectivity index (χ2n) is 4.17. The Morgan fingerprint density at radius 2 is 1.95 bits per heavy atom. The molecule has 1 amide bonds. The van der Waals surface area contributed by atoms with Crippen molar-refractivity contribution in [3.8, 4) is 0 Å². The first kappa shape index (κ1) is 15.1. The molecule has 0 aliphatic carbocycles. The first-order valence-corrected chi connectivity index (χ1v) is 6.18. The minimum Gasteiger partial charge on any atom is -0.452 e. The Balaban J connectivity index is 1.85. The fourth-order valence-corrected chi connectivity index (χ4v) is 1.56. The van der Waals surface area contributed by atoms with Crippen molar-refractivity contribution in [1.82, 2.24) is 4.98 Å². The lowest BCUT2D eigenvalue weighted by atomic mass is 10.3. The van der Waals surface area contributed by atoms with Gasteiger partial charge >= 0.3 is 5.97 Å². The van der Waals surface area contributed by atoms with E-state index in [1.165, 1.54) is 42.7 Å². The predicted molar refractivity (Wildman–Crippen MR) is 76.2 cm³/mol. The molecule has 0 saturated heterocycles. The van der Waals surface area contributed by atoms with Crippen molar-refractivity contribution in [3.63, 3.8) is 0 Å². The maximum atomic E-state index is 11.6. The van der Waals surface area contributed by atoms with Gasteiger partial charge in [-0.1, -0.05) is 0 Å². The van der Waals surface area contributed by atoms with Crippen LogP contribution in [0.2, 0.25) is 0 Å². The molecule has 2 rings (SSSR count). The number of anilines is 1. The Bertz CT molecular complexity index is 685. The molecule has 0 radical (unpaired) electrons. The van der Waals surface area contributed by atoms with Gasteiger partial charge in [-0.2, -0.15) is 0 Å². The maximum absolute atomic E-state index is 11.6. The number of non-ortho nitro benzene ring substituents is 1. The summed E-state index contributed by atoms with van der Waals surface area (Å²) >= 11 is 0. The van der Waals surface area contributed by atoms with Gasteiger partial charge in [0.15, 0.2) is 6.61 Å². The number of benzene rings is 1. The number of nitro groups is 1. The number of hydrogen-bond acceptors (Lipinski definition) is 6. The van der Waals surface area contributed by atoms with Crippen molar-refractivity contribution >= 4 is 23.3 Å². The Morgan fingerprint density at radius 1 is 1.23 bits per heavy atom. The van der Waals surface area contributed by atoms with E-state index in [1.54, 1.807) is 6.07 Å². The molecule has 0 unspecified atom stereocenters. The van der Waals surface area contributed by atoms with E-state index >= 15 is 0 Å². The van der Waals surface area contributed by atoms with E-state index in [1.807, 2.05) is 0 Å². The molecule has 0 saturated carbocycles. The zero-order chi connectivity index (χ0) is 15.9. The minimum atomic E-state index is -0.660. The van der Waals surface area contributed by atoms with Crippen LogP contribution >= 0.6 is 0 Å². The molecule has 8 nitrogen and oxygen atoms in total. The van der Waals surface area contributed by atoms with E-state index in [-0.39, 0.29) is 11.3 Å². The molecule has 0 aliphatic rings. The van der Waals surface area contributed by atoms with Crippen LogP contribution in [-0.4, -0.2) is 28.4 Å². The Morgan fingerprint density at radius 3 is 2.55 bits per heavy atom. The van der Waals surface area contributed by atoms with Gasteiger partial charge < -0.3 is 10.1 Å². The third-order valence-electron chi connectivity index (χ3n) is 2.59. The van der Waals surface area contributed by atoms with Gasteiger partial charge in [-0.3, -0.25) is 19.9 Å². The van der Waals surface area contributed by atoms with Gasteiger partial charge in [-0.15, -0.1) is 0 Å². The normalized spacial score (nSPS) is 9.82. The minimum absolute atomic E-state index is 0.0824. The van der Waals surface area contributed by atoms with Crippen LogP contribution in [0.5, 0.6) is 0 Å². The summed E-state index contributed by atoms with van der Waals surface area (Å²) in [7, 11) is 0. The Labute approximate surface area is 124 Å². The number of carbonyl (C=O) groups excluding carboxylic acids is 2. The zero-order valence-corrected chi connectivity index (χ0v) is 11.3. The van der Waals surface area contributed by atoms with Crippen molar-refractivity contribution in [3.05, 3.63) is 64.5 Å². The smallest absolute Gasteiger partial charge is 0.340 e. The summed E-state index contributed by atoms with van der Waals surface area (Å²) in [6.45, 7) is -0.468. The van der Waals surface area contributed by atoms with E-state index < -0.39 is 23.4 Å². The molecular weight excluding hydrogens is 290 g/mol. The first-order valence-electron chi connectivity index (χ1n) is 6.18. The second-order valence-corrected chi connectivity index (χ2v) is 4.17. The molecule has 112 valence electrons. The highest BCUT2D eigenvalue weighted by atomic mass is 16.6. The maximum Gasteiger partial charge on any atom is 0.340 e. The number of esters is 1. The number of ether oxygens (including phenoxy) is 1. The van der Waals surface area contributed by atoms with Gasteiger partial charge in [0.1, 0.15) is 0 Å². The van der Waals surface area contributed by atoms with Gasteiger partial charge in [0.25, 0.3) is 11.6 Å². The van der Waals surface area contributed by atoms with Crippen molar-refractivity contribution in [1.29, 1.82) is 0 Å². The highest BCUT2D eigenvalue weighted by Gasteiger charge is 2.11. The fourth-order valence-electron chi connectivity index (χ4n) is 1.56. The quantitative estimate of drug-likeness (QED) is 0.512. The van der Waals surface area contributed by atoms with Gasteiger partial charge in [-0.25, -0.2) is 4.79 Å². The van der Waals surface area contributed by atoms with E-state index in [4.69, 9.17) is 4.74 Å². The average Bonchev–Trinajstić information content (AvgIpc) is 2.54. The van der Waals surface area contributed by atoms with E-state index in [0.29, 0.717) is 5.69 Å². The summed E-state index contributed by atoms with van der Waals surface area (Å²) in [4.78, 5) is 37.0. The summed E-state index contributed by atoms with van der Waals surface area (Å²) in [6.07, 6.45) is 2.84. The number of amides is 1. The molecule has 0 fully saturated rings. The van der Waals surface area contributed by atoms with Crippen molar-refractivity contribution < 1.29 is 19.2 Å². The van der Waals surface area contributed by atoms with E-state index in [2.05, 4.69) is 10.3 Å². The molecule has 1 N–H and O–H groups in total. The lowest BCUT2D eigenvalue weighted by molar-refractivity contribution is -0.384. The van der Waals surface area contributed by atoms with Gasteiger partial charge in [-0.05, 0) is 24.3 Å². The number of aromatic nitrogens is 1. The van der Waals surface area contributed by atoms with Crippen LogP contribution in [0.15, 0.2) is 48.8 Å². The third-order valence-corrected chi connectivity index (χ3v) is 2.59. The molecule has 22 heavy (non-hydrogen) atoms. The number of hydrogen-bond donors (Lipinski definition) is 1. The second kappa shape index (κ2) is 6.93. The summed E-state index contributed by atoms with van der Waals surface area (Å²) in [5, 5.41) is 13.0. The van der Waals surface area contributed by atoms with Crippen LogP contribution in [0.1, 0.15) is 10.4 Å². The average molecular weight is 301 g/mol. The summed E-state index contributed by atoms with van der Waals surface area (Å²) in [6, 6.07) is 8.39. The standard InChI is InChI=1S/C14H11N3O5/c18-13(9-22-14(19)10-2-1-7-15-8-10)16-11-3-5-12(6-4-11)17(20)21/h1-8H,9H2,(H,16,18). The van der Waals surface area contributed by atoms with Crippen LogP contribution in [0.25, 0.3) is 0 Å². The van der Waals surface area contributed by atoms with E-state index in [0.717, 1.165) is 0 Å². The molecule has 8 heteroatoms. The first-order chi connectivity index (χ1) is 10.6. The van der Waals surface area contributed by atoms with Gasteiger partial charge in [0.2, 0.25) is 0 Å². The largest absolute Gasteiger partial charge is 0.452 e. The molecule has 2 aromatic rings. The van der Waals surface area contributed by atoms with Gasteiger partial charge in [0, 0.05) is 30.2 Å². The molecule has 0 bridgehead atoms. The number of rotatable bonds is 5. The Kier molecular flexibility index (Phi) is 4.76. The molecule has 1 aromatic heterocycles. The monoisotopic (exact) mass is 301 g/mol. The highest BCUT2D eigenvalue weighted by molar-refractivity contribution is 5.95. The number of nitrogens with zero attached hydrogens (tertiary/aromatic N) is 2. The third kappa shape index (κ3) is 4.10. The van der Waals surface area contributed by atoms with Crippen LogP contribution in [-0.2, 0) is 9.53 Å². The molecular formula is C14H11N3O5. The van der Waals surface area contributed by atoms with Crippen LogP contribution in [0.3, 0.4) is 0 Å². The zero-order valence-electron chi connectivity index (χ0n) is 11.3. The predicted octanol–water partition coefficient (Wildman–Crippen LogP) is 1.79. The van der Waals surface area contributed by atoms with E-state index in [9.17, 15) is 19.7 Å². The molecule has 0 aliphatic heterocycles. The SMILES string of the molecule is O=C(COC(=O)c1cccnc1)Nc1ccc([N+](=O)[O-])cc1. The molecule has 1 aromatic carbocycles.